The Morgan fingerprint density at radius 2 is 1.77 bits per heavy atom. The summed E-state index contributed by atoms with van der Waals surface area (Å²) in [5.41, 5.74) is 3.32. The van der Waals surface area contributed by atoms with Crippen LogP contribution in [0.5, 0.6) is 11.5 Å². The quantitative estimate of drug-likeness (QED) is 0.199. The van der Waals surface area contributed by atoms with E-state index in [0.29, 0.717) is 57.4 Å². The zero-order chi connectivity index (χ0) is 30.8. The van der Waals surface area contributed by atoms with Crippen LogP contribution in [0.2, 0.25) is 0 Å². The van der Waals surface area contributed by atoms with Crippen LogP contribution in [0.3, 0.4) is 0 Å². The molecule has 44 heavy (non-hydrogen) atoms. The number of phenolic OH excluding ortho intramolecular Hbond substituents is 1. The monoisotopic (exact) mass is 597 g/mol. The molecule has 0 saturated carbocycles. The van der Waals surface area contributed by atoms with Crippen LogP contribution in [0.15, 0.2) is 71.4 Å². The second-order valence-electron chi connectivity index (χ2n) is 11.2. The van der Waals surface area contributed by atoms with Gasteiger partial charge in [0.25, 0.3) is 0 Å². The molecule has 0 aliphatic carbocycles. The number of ether oxygens (including phenoxy) is 2. The highest BCUT2D eigenvalue weighted by atomic mass is 19.1. The Bertz CT molecular complexity index is 1780. The zero-order valence-corrected chi connectivity index (χ0v) is 25.2. The van der Waals surface area contributed by atoms with Gasteiger partial charge in [-0.15, -0.1) is 0 Å². The first kappa shape index (κ1) is 29.6. The molecule has 1 aliphatic rings. The van der Waals surface area contributed by atoms with E-state index in [0.717, 1.165) is 37.3 Å². The number of piperazine rings is 1. The molecule has 3 heterocycles. The largest absolute Gasteiger partial charge is 0.507 e. The van der Waals surface area contributed by atoms with Crippen molar-refractivity contribution in [2.75, 3.05) is 46.4 Å². The lowest BCUT2D eigenvalue weighted by atomic mass is 9.89. The van der Waals surface area contributed by atoms with Crippen LogP contribution in [0.4, 0.5) is 4.39 Å². The fourth-order valence-corrected chi connectivity index (χ4v) is 6.10. The Morgan fingerprint density at radius 1 is 1.05 bits per heavy atom. The third-order valence-corrected chi connectivity index (χ3v) is 8.35. The van der Waals surface area contributed by atoms with E-state index >= 15 is 0 Å². The lowest BCUT2D eigenvalue weighted by Gasteiger charge is -2.39. The minimum absolute atomic E-state index is 0.0810. The number of carbonyl (C=O) groups is 1. The molecule has 1 atom stereocenters. The van der Waals surface area contributed by atoms with Gasteiger partial charge < -0.3 is 23.9 Å². The minimum Gasteiger partial charge on any atom is -0.507 e. The van der Waals surface area contributed by atoms with Crippen molar-refractivity contribution in [1.29, 1.82) is 0 Å². The summed E-state index contributed by atoms with van der Waals surface area (Å²) in [6.45, 7) is 7.38. The zero-order valence-electron chi connectivity index (χ0n) is 25.2. The van der Waals surface area contributed by atoms with Crippen molar-refractivity contribution in [2.24, 2.45) is 0 Å². The average molecular weight is 598 g/mol. The number of pyridine rings is 1. The predicted molar refractivity (Wildman–Crippen MR) is 167 cm³/mol. The van der Waals surface area contributed by atoms with Crippen molar-refractivity contribution in [1.82, 2.24) is 14.8 Å². The number of likely N-dealkylation sites (N-methyl/N-ethyl adjacent to an activating group) is 1. The van der Waals surface area contributed by atoms with Crippen LogP contribution in [-0.2, 0) is 11.2 Å². The van der Waals surface area contributed by atoms with E-state index < -0.39 is 5.97 Å². The van der Waals surface area contributed by atoms with Crippen molar-refractivity contribution in [3.05, 3.63) is 101 Å². The third kappa shape index (κ3) is 5.73. The highest BCUT2D eigenvalue weighted by Gasteiger charge is 2.34. The number of rotatable bonds is 9. The SMILES string of the molecule is CCOC(=O)c1c(C)oc2c1c(C(c1ccncc1)N1CCN(C)CC1)c(O)c1ccc(OCCc3ccc(F)cc3)cc12. The maximum atomic E-state index is 13.4. The highest BCUT2D eigenvalue weighted by molar-refractivity contribution is 6.17. The lowest BCUT2D eigenvalue weighted by molar-refractivity contribution is 0.0526. The van der Waals surface area contributed by atoms with Crippen LogP contribution in [0, 0.1) is 12.7 Å². The summed E-state index contributed by atoms with van der Waals surface area (Å²) in [4.78, 5) is 22.3. The molecule has 1 saturated heterocycles. The van der Waals surface area contributed by atoms with Gasteiger partial charge in [0.2, 0.25) is 0 Å². The van der Waals surface area contributed by atoms with Crippen LogP contribution < -0.4 is 4.74 Å². The van der Waals surface area contributed by atoms with Crippen LogP contribution in [-0.4, -0.2) is 72.3 Å². The minimum atomic E-state index is -0.498. The molecule has 0 bridgehead atoms. The molecule has 0 amide bonds. The highest BCUT2D eigenvalue weighted by Crippen LogP contribution is 2.48. The van der Waals surface area contributed by atoms with Gasteiger partial charge in [0.15, 0.2) is 0 Å². The molecule has 2 aromatic heterocycles. The van der Waals surface area contributed by atoms with Gasteiger partial charge >= 0.3 is 5.97 Å². The number of phenols is 1. The van der Waals surface area contributed by atoms with Crippen molar-refractivity contribution in [2.45, 2.75) is 26.3 Å². The van der Waals surface area contributed by atoms with E-state index in [9.17, 15) is 14.3 Å². The van der Waals surface area contributed by atoms with Crippen LogP contribution in [0.25, 0.3) is 21.7 Å². The topological polar surface area (TPSA) is 88.3 Å². The Morgan fingerprint density at radius 3 is 2.48 bits per heavy atom. The third-order valence-electron chi connectivity index (χ3n) is 8.35. The van der Waals surface area contributed by atoms with Crippen LogP contribution >= 0.6 is 0 Å². The number of esters is 1. The predicted octanol–water partition coefficient (Wildman–Crippen LogP) is 6.27. The maximum Gasteiger partial charge on any atom is 0.342 e. The summed E-state index contributed by atoms with van der Waals surface area (Å²) in [6.07, 6.45) is 4.09. The average Bonchev–Trinajstić information content (AvgIpc) is 3.38. The molecule has 6 rings (SSSR count). The number of hydrogen-bond donors (Lipinski definition) is 1. The number of aromatic hydroxyl groups is 1. The Kier molecular flexibility index (Phi) is 8.50. The molecule has 1 unspecified atom stereocenters. The molecule has 0 radical (unpaired) electrons. The normalized spacial score (nSPS) is 15.1. The maximum absolute atomic E-state index is 13.4. The second-order valence-corrected chi connectivity index (χ2v) is 11.2. The standard InChI is InChI=1S/C35H36FN3O5/c1-4-42-35(41)29-22(2)44-34-28-21-26(43-20-13-23-5-7-25(36)8-6-23)9-10-27(28)33(40)31(30(29)34)32(24-11-14-37-15-12-24)39-18-16-38(3)17-19-39/h5-12,14-15,21,32,40H,4,13,16-20H2,1-3H3. The van der Waals surface area contributed by atoms with E-state index in [1.165, 1.54) is 12.1 Å². The summed E-state index contributed by atoms with van der Waals surface area (Å²) in [7, 11) is 2.10. The number of aryl methyl sites for hydroxylation is 1. The van der Waals surface area contributed by atoms with Gasteiger partial charge in [-0.1, -0.05) is 12.1 Å². The number of aromatic nitrogens is 1. The van der Waals surface area contributed by atoms with Gasteiger partial charge in [0.05, 0.1) is 19.3 Å². The number of fused-ring (bicyclic) bond motifs is 3. The van der Waals surface area contributed by atoms with Gasteiger partial charge in [-0.05, 0) is 74.5 Å². The molecule has 8 nitrogen and oxygen atoms in total. The molecule has 1 aliphatic heterocycles. The van der Waals surface area contributed by atoms with Gasteiger partial charge in [0.1, 0.15) is 34.2 Å². The molecular formula is C35H36FN3O5. The lowest BCUT2D eigenvalue weighted by Crippen LogP contribution is -2.46. The van der Waals surface area contributed by atoms with E-state index in [1.807, 2.05) is 30.3 Å². The van der Waals surface area contributed by atoms with Gasteiger partial charge in [-0.3, -0.25) is 9.88 Å². The first-order valence-corrected chi connectivity index (χ1v) is 14.9. The smallest absolute Gasteiger partial charge is 0.342 e. The number of furan rings is 1. The van der Waals surface area contributed by atoms with E-state index in [4.69, 9.17) is 13.9 Å². The molecule has 1 fully saturated rings. The molecule has 9 heteroatoms. The fourth-order valence-electron chi connectivity index (χ4n) is 6.10. The van der Waals surface area contributed by atoms with Crippen LogP contribution in [0.1, 0.15) is 45.8 Å². The number of hydrogen-bond acceptors (Lipinski definition) is 8. The summed E-state index contributed by atoms with van der Waals surface area (Å²) >= 11 is 0. The Labute approximate surface area is 255 Å². The van der Waals surface area contributed by atoms with Crippen molar-refractivity contribution >= 4 is 27.7 Å². The summed E-state index contributed by atoms with van der Waals surface area (Å²) in [6, 6.07) is 15.4. The van der Waals surface area contributed by atoms with Crippen molar-refractivity contribution in [3.63, 3.8) is 0 Å². The van der Waals surface area contributed by atoms with E-state index in [1.54, 1.807) is 38.4 Å². The Hall–Kier alpha value is -4.47. The number of nitrogens with zero attached hydrogens (tertiary/aromatic N) is 3. The molecule has 0 spiro atoms. The molecule has 228 valence electrons. The summed E-state index contributed by atoms with van der Waals surface area (Å²) < 4.78 is 31.2. The van der Waals surface area contributed by atoms with Crippen molar-refractivity contribution in [3.8, 4) is 11.5 Å². The summed E-state index contributed by atoms with van der Waals surface area (Å²) in [5.74, 6) is 0.313. The number of benzene rings is 3. The molecule has 5 aromatic rings. The second kappa shape index (κ2) is 12.6. The first-order valence-electron chi connectivity index (χ1n) is 14.9. The molecular weight excluding hydrogens is 561 g/mol. The molecule has 3 aromatic carbocycles. The Balaban J connectivity index is 1.51. The van der Waals surface area contributed by atoms with Gasteiger partial charge in [-0.2, -0.15) is 0 Å². The van der Waals surface area contributed by atoms with E-state index in [-0.39, 0.29) is 24.2 Å². The number of halogens is 1. The van der Waals surface area contributed by atoms with Gasteiger partial charge in [-0.25, -0.2) is 9.18 Å². The molecule has 1 N–H and O–H groups in total. The first-order chi connectivity index (χ1) is 21.4. The summed E-state index contributed by atoms with van der Waals surface area (Å²) in [5, 5.41) is 13.9. The van der Waals surface area contributed by atoms with Crippen molar-refractivity contribution < 1.29 is 28.2 Å². The van der Waals surface area contributed by atoms with Gasteiger partial charge in [0, 0.05) is 66.7 Å². The fraction of sp³-hybridized carbons (Fsp3) is 0.314. The van der Waals surface area contributed by atoms with E-state index in [2.05, 4.69) is 21.8 Å². The number of carbonyl (C=O) groups excluding carboxylic acids is 1.